The summed E-state index contributed by atoms with van der Waals surface area (Å²) in [5.41, 5.74) is 2.03. The number of non-ortho nitro benzene ring substituents is 1. The number of amides is 1. The number of ether oxygens (including phenoxy) is 1. The van der Waals surface area contributed by atoms with Gasteiger partial charge in [-0.2, -0.15) is 5.10 Å². The molecule has 0 fully saturated rings. The lowest BCUT2D eigenvalue weighted by Gasteiger charge is -2.08. The van der Waals surface area contributed by atoms with E-state index in [9.17, 15) is 14.9 Å². The van der Waals surface area contributed by atoms with Gasteiger partial charge >= 0.3 is 0 Å². The molecule has 0 saturated heterocycles. The van der Waals surface area contributed by atoms with Gasteiger partial charge in [0, 0.05) is 24.2 Å². The molecule has 0 aliphatic rings. The van der Waals surface area contributed by atoms with E-state index < -0.39 is 4.92 Å². The number of nitro benzene ring substituents is 1. The second kappa shape index (κ2) is 9.69. The summed E-state index contributed by atoms with van der Waals surface area (Å²) >= 11 is 0. The summed E-state index contributed by atoms with van der Waals surface area (Å²) in [5.74, 6) is 0.391. The van der Waals surface area contributed by atoms with Crippen LogP contribution in [-0.4, -0.2) is 34.3 Å². The molecule has 1 aromatic heterocycles. The number of unbranched alkanes of at least 4 members (excludes halogenated alkanes) is 2. The zero-order valence-corrected chi connectivity index (χ0v) is 17.0. The van der Waals surface area contributed by atoms with E-state index in [0.29, 0.717) is 29.4 Å². The Bertz CT molecular complexity index is 1050. The Hall–Kier alpha value is -3.68. The van der Waals surface area contributed by atoms with Crippen LogP contribution in [0.15, 0.2) is 54.6 Å². The zero-order chi connectivity index (χ0) is 21.5. The molecule has 2 aromatic carbocycles. The fourth-order valence-electron chi connectivity index (χ4n) is 3.07. The summed E-state index contributed by atoms with van der Waals surface area (Å²) in [6.45, 7) is 2.65. The summed E-state index contributed by atoms with van der Waals surface area (Å²) in [6, 6.07) is 15.1. The summed E-state index contributed by atoms with van der Waals surface area (Å²) < 4.78 is 6.72. The maximum absolute atomic E-state index is 12.9. The lowest BCUT2D eigenvalue weighted by atomic mass is 10.1. The maximum atomic E-state index is 12.9. The number of carbonyl (C=O) groups excluding carboxylic acids is 1. The zero-order valence-electron chi connectivity index (χ0n) is 17.0. The quantitative estimate of drug-likeness (QED) is 0.322. The number of nitro groups is 1. The number of carbonyl (C=O) groups is 1. The van der Waals surface area contributed by atoms with E-state index in [0.717, 1.165) is 24.8 Å². The van der Waals surface area contributed by atoms with Crippen molar-refractivity contribution in [1.82, 2.24) is 15.1 Å². The molecule has 1 N–H and O–H groups in total. The molecule has 8 nitrogen and oxygen atoms in total. The minimum atomic E-state index is -0.472. The molecule has 0 saturated carbocycles. The molecule has 0 bridgehead atoms. The number of benzene rings is 2. The Morgan fingerprint density at radius 1 is 1.17 bits per heavy atom. The van der Waals surface area contributed by atoms with Gasteiger partial charge in [-0.1, -0.05) is 38.0 Å². The van der Waals surface area contributed by atoms with Crippen molar-refractivity contribution < 1.29 is 14.5 Å². The monoisotopic (exact) mass is 408 g/mol. The van der Waals surface area contributed by atoms with Crippen LogP contribution in [0.25, 0.3) is 16.9 Å². The van der Waals surface area contributed by atoms with Crippen molar-refractivity contribution in [3.8, 4) is 22.7 Å². The summed E-state index contributed by atoms with van der Waals surface area (Å²) in [4.78, 5) is 23.6. The molecule has 0 aliphatic carbocycles. The highest BCUT2D eigenvalue weighted by atomic mass is 16.6. The molecular formula is C22H24N4O4. The Morgan fingerprint density at radius 2 is 1.97 bits per heavy atom. The van der Waals surface area contributed by atoms with Crippen LogP contribution in [0.4, 0.5) is 5.69 Å². The molecule has 1 amide bonds. The SMILES string of the molecule is CCCCCNC(=O)c1cc(-c2cccc(OC)c2)nn1-c1cccc([N+](=O)[O-])c1. The van der Waals surface area contributed by atoms with Crippen LogP contribution in [0.5, 0.6) is 5.75 Å². The number of methoxy groups -OCH3 is 1. The van der Waals surface area contributed by atoms with Crippen LogP contribution >= 0.6 is 0 Å². The molecule has 0 spiro atoms. The van der Waals surface area contributed by atoms with Crippen molar-refractivity contribution in [2.45, 2.75) is 26.2 Å². The second-order valence-corrected chi connectivity index (χ2v) is 6.80. The summed E-state index contributed by atoms with van der Waals surface area (Å²) in [7, 11) is 1.58. The third-order valence-electron chi connectivity index (χ3n) is 4.66. The van der Waals surface area contributed by atoms with Crippen molar-refractivity contribution >= 4 is 11.6 Å². The van der Waals surface area contributed by atoms with Crippen molar-refractivity contribution in [3.05, 3.63) is 70.4 Å². The van der Waals surface area contributed by atoms with Crippen LogP contribution in [0.3, 0.4) is 0 Å². The van der Waals surface area contributed by atoms with Gasteiger partial charge in [-0.15, -0.1) is 0 Å². The number of aromatic nitrogens is 2. The van der Waals surface area contributed by atoms with E-state index in [1.54, 1.807) is 25.3 Å². The van der Waals surface area contributed by atoms with E-state index in [1.807, 2.05) is 24.3 Å². The molecule has 3 aromatic rings. The average molecular weight is 408 g/mol. The highest BCUT2D eigenvalue weighted by Gasteiger charge is 2.19. The highest BCUT2D eigenvalue weighted by molar-refractivity contribution is 5.94. The summed E-state index contributed by atoms with van der Waals surface area (Å²) in [5, 5.41) is 18.7. The number of hydrogen-bond acceptors (Lipinski definition) is 5. The Kier molecular flexibility index (Phi) is 6.79. The summed E-state index contributed by atoms with van der Waals surface area (Å²) in [6.07, 6.45) is 2.97. The van der Waals surface area contributed by atoms with E-state index in [1.165, 1.54) is 16.8 Å². The maximum Gasteiger partial charge on any atom is 0.271 e. The van der Waals surface area contributed by atoms with Gasteiger partial charge in [0.25, 0.3) is 11.6 Å². The molecule has 0 radical (unpaired) electrons. The van der Waals surface area contributed by atoms with Gasteiger partial charge in [0.15, 0.2) is 0 Å². The third-order valence-corrected chi connectivity index (χ3v) is 4.66. The van der Waals surface area contributed by atoms with Crippen LogP contribution in [0, 0.1) is 10.1 Å². The predicted octanol–water partition coefficient (Wildman–Crippen LogP) is 4.38. The van der Waals surface area contributed by atoms with Crippen LogP contribution < -0.4 is 10.1 Å². The fraction of sp³-hybridized carbons (Fsp3) is 0.273. The Morgan fingerprint density at radius 3 is 2.70 bits per heavy atom. The van der Waals surface area contributed by atoms with Gasteiger partial charge in [-0.05, 0) is 30.7 Å². The Labute approximate surface area is 174 Å². The molecule has 156 valence electrons. The van der Waals surface area contributed by atoms with Crippen molar-refractivity contribution in [3.63, 3.8) is 0 Å². The fourth-order valence-corrected chi connectivity index (χ4v) is 3.07. The third kappa shape index (κ3) is 4.83. The largest absolute Gasteiger partial charge is 0.497 e. The first-order valence-corrected chi connectivity index (χ1v) is 9.81. The molecule has 0 aliphatic heterocycles. The van der Waals surface area contributed by atoms with Gasteiger partial charge in [0.1, 0.15) is 11.4 Å². The lowest BCUT2D eigenvalue weighted by molar-refractivity contribution is -0.384. The van der Waals surface area contributed by atoms with Crippen molar-refractivity contribution in [2.75, 3.05) is 13.7 Å². The van der Waals surface area contributed by atoms with Crippen molar-refractivity contribution in [1.29, 1.82) is 0 Å². The first kappa shape index (κ1) is 21.0. The van der Waals surface area contributed by atoms with Gasteiger partial charge < -0.3 is 10.1 Å². The van der Waals surface area contributed by atoms with Gasteiger partial charge in [-0.3, -0.25) is 14.9 Å². The van der Waals surface area contributed by atoms with E-state index in [2.05, 4.69) is 17.3 Å². The molecule has 3 rings (SSSR count). The van der Waals surface area contributed by atoms with Gasteiger partial charge in [0.05, 0.1) is 23.4 Å². The normalized spacial score (nSPS) is 10.6. The van der Waals surface area contributed by atoms with Crippen molar-refractivity contribution in [2.24, 2.45) is 0 Å². The average Bonchev–Trinajstić information content (AvgIpc) is 3.22. The van der Waals surface area contributed by atoms with Gasteiger partial charge in [-0.25, -0.2) is 4.68 Å². The molecule has 30 heavy (non-hydrogen) atoms. The first-order chi connectivity index (χ1) is 14.5. The van der Waals surface area contributed by atoms with Crippen LogP contribution in [0.2, 0.25) is 0 Å². The van der Waals surface area contributed by atoms with Crippen LogP contribution in [0.1, 0.15) is 36.7 Å². The van der Waals surface area contributed by atoms with E-state index >= 15 is 0 Å². The smallest absolute Gasteiger partial charge is 0.271 e. The highest BCUT2D eigenvalue weighted by Crippen LogP contribution is 2.26. The van der Waals surface area contributed by atoms with E-state index in [-0.39, 0.29) is 11.6 Å². The number of nitrogens with one attached hydrogen (secondary N) is 1. The Balaban J connectivity index is 2.02. The number of hydrogen-bond donors (Lipinski definition) is 1. The second-order valence-electron chi connectivity index (χ2n) is 6.80. The molecule has 1 heterocycles. The van der Waals surface area contributed by atoms with E-state index in [4.69, 9.17) is 4.74 Å². The predicted molar refractivity (Wildman–Crippen MR) is 114 cm³/mol. The van der Waals surface area contributed by atoms with Gasteiger partial charge in [0.2, 0.25) is 0 Å². The molecule has 0 atom stereocenters. The van der Waals surface area contributed by atoms with Crippen LogP contribution in [-0.2, 0) is 0 Å². The minimum absolute atomic E-state index is 0.0692. The lowest BCUT2D eigenvalue weighted by Crippen LogP contribution is -2.26. The number of nitrogens with zero attached hydrogens (tertiary/aromatic N) is 3. The standard InChI is InChI=1S/C22H24N4O4/c1-3-4-5-12-23-22(27)21-15-20(16-8-6-11-19(13-16)30-2)24-25(21)17-9-7-10-18(14-17)26(28)29/h6-11,13-15H,3-5,12H2,1-2H3,(H,23,27). The number of rotatable bonds is 9. The minimum Gasteiger partial charge on any atom is -0.497 e. The molecular weight excluding hydrogens is 384 g/mol. The topological polar surface area (TPSA) is 99.3 Å². The first-order valence-electron chi connectivity index (χ1n) is 9.81. The molecule has 0 unspecified atom stereocenters. The molecule has 8 heteroatoms.